The van der Waals surface area contributed by atoms with Gasteiger partial charge in [0.2, 0.25) is 0 Å². The zero-order valence-electron chi connectivity index (χ0n) is 22.7. The lowest BCUT2D eigenvalue weighted by molar-refractivity contribution is -0.137. The molecule has 1 atom stereocenters. The zero-order chi connectivity index (χ0) is 30.5. The second kappa shape index (κ2) is 13.1. The topological polar surface area (TPSA) is 97.6 Å². The first-order chi connectivity index (χ1) is 20.0. The van der Waals surface area contributed by atoms with E-state index >= 15 is 0 Å². The summed E-state index contributed by atoms with van der Waals surface area (Å²) in [6.07, 6.45) is -4.17. The van der Waals surface area contributed by atoms with E-state index < -0.39 is 40.3 Å². The summed E-state index contributed by atoms with van der Waals surface area (Å²) in [5, 5.41) is 13.3. The van der Waals surface area contributed by atoms with Crippen LogP contribution in [0.3, 0.4) is 0 Å². The Morgan fingerprint density at radius 3 is 2.31 bits per heavy atom. The molecule has 0 unspecified atom stereocenters. The van der Waals surface area contributed by atoms with Gasteiger partial charge in [-0.05, 0) is 59.7 Å². The van der Waals surface area contributed by atoms with Gasteiger partial charge in [0.25, 0.3) is 0 Å². The molecule has 0 fully saturated rings. The maximum absolute atomic E-state index is 13.4. The van der Waals surface area contributed by atoms with Crippen LogP contribution in [0, 0.1) is 0 Å². The van der Waals surface area contributed by atoms with Crippen LogP contribution >= 0.6 is 0 Å². The molecule has 0 aliphatic carbocycles. The predicted molar refractivity (Wildman–Crippen MR) is 150 cm³/mol. The third-order valence-electron chi connectivity index (χ3n) is 6.93. The summed E-state index contributed by atoms with van der Waals surface area (Å²) in [6.45, 7) is 0.380. The van der Waals surface area contributed by atoms with E-state index in [1.54, 1.807) is 41.8 Å². The summed E-state index contributed by atoms with van der Waals surface area (Å²) >= 11 is 0. The quantitative estimate of drug-likeness (QED) is 0.127. The molecule has 0 saturated heterocycles. The number of carbonyl (C=O) groups is 1. The fourth-order valence-electron chi connectivity index (χ4n) is 4.62. The number of esters is 1. The number of nitrogens with zero attached hydrogens (tertiary/aromatic N) is 1. The van der Waals surface area contributed by atoms with Crippen LogP contribution < -0.4 is 5.32 Å². The molecule has 0 saturated carbocycles. The molecule has 0 amide bonds. The number of aromatic nitrogens is 1. The SMILES string of the molecule is CCS(=O)(=O)c1ccc([C@H](CO)NCOC(=O)c2ccc3c(c2)cc(Cc2ccc(C(F)(F)F)cc2)n3CCF)cc1. The first-order valence-corrected chi connectivity index (χ1v) is 14.8. The van der Waals surface area contributed by atoms with Gasteiger partial charge in [-0.3, -0.25) is 5.32 Å². The monoisotopic (exact) mass is 606 g/mol. The number of rotatable bonds is 12. The van der Waals surface area contributed by atoms with Crippen molar-refractivity contribution in [2.75, 3.05) is 25.8 Å². The summed E-state index contributed by atoms with van der Waals surface area (Å²) in [7, 11) is -3.36. The number of hydrogen-bond acceptors (Lipinski definition) is 6. The third kappa shape index (κ3) is 7.18. The van der Waals surface area contributed by atoms with Crippen molar-refractivity contribution < 1.29 is 40.6 Å². The van der Waals surface area contributed by atoms with Gasteiger partial charge in [0.15, 0.2) is 9.84 Å². The highest BCUT2D eigenvalue weighted by molar-refractivity contribution is 7.91. The number of sulfone groups is 1. The zero-order valence-corrected chi connectivity index (χ0v) is 23.5. The van der Waals surface area contributed by atoms with E-state index in [1.165, 1.54) is 30.3 Å². The summed E-state index contributed by atoms with van der Waals surface area (Å²) < 4.78 is 83.2. The van der Waals surface area contributed by atoms with E-state index in [1.807, 2.05) is 0 Å². The van der Waals surface area contributed by atoms with Gasteiger partial charge in [0.1, 0.15) is 13.4 Å². The third-order valence-corrected chi connectivity index (χ3v) is 8.69. The molecule has 12 heteroatoms. The predicted octanol–water partition coefficient (Wildman–Crippen LogP) is 5.45. The molecule has 7 nitrogen and oxygen atoms in total. The van der Waals surface area contributed by atoms with Crippen molar-refractivity contribution in [1.29, 1.82) is 0 Å². The number of carbonyl (C=O) groups excluding carboxylic acids is 1. The van der Waals surface area contributed by atoms with Crippen molar-refractivity contribution in [3.8, 4) is 0 Å². The Kier molecular flexibility index (Phi) is 9.70. The average molecular weight is 607 g/mol. The Morgan fingerprint density at radius 1 is 1.02 bits per heavy atom. The highest BCUT2D eigenvalue weighted by atomic mass is 32.2. The number of alkyl halides is 4. The molecule has 42 heavy (non-hydrogen) atoms. The Labute approximate surface area is 240 Å². The van der Waals surface area contributed by atoms with Gasteiger partial charge in [-0.2, -0.15) is 13.2 Å². The molecule has 0 bridgehead atoms. The van der Waals surface area contributed by atoms with Crippen molar-refractivity contribution in [3.05, 3.63) is 101 Å². The van der Waals surface area contributed by atoms with Crippen molar-refractivity contribution in [2.24, 2.45) is 0 Å². The van der Waals surface area contributed by atoms with Crippen LogP contribution in [0.5, 0.6) is 0 Å². The van der Waals surface area contributed by atoms with E-state index in [4.69, 9.17) is 4.74 Å². The first-order valence-electron chi connectivity index (χ1n) is 13.1. The number of aliphatic hydroxyl groups excluding tert-OH is 1. The molecule has 2 N–H and O–H groups in total. The minimum Gasteiger partial charge on any atom is -0.446 e. The lowest BCUT2D eigenvalue weighted by Crippen LogP contribution is -2.28. The van der Waals surface area contributed by atoms with Gasteiger partial charge in [0, 0.05) is 23.0 Å². The maximum atomic E-state index is 13.4. The second-order valence-corrected chi connectivity index (χ2v) is 11.9. The lowest BCUT2D eigenvalue weighted by Gasteiger charge is -2.17. The van der Waals surface area contributed by atoms with Crippen LogP contribution in [-0.2, 0) is 33.7 Å². The molecule has 4 aromatic rings. The molecule has 0 aliphatic heterocycles. The molecular weight excluding hydrogens is 576 g/mol. The minimum absolute atomic E-state index is 0.0309. The van der Waals surface area contributed by atoms with Gasteiger partial charge in [0.05, 0.1) is 41.0 Å². The van der Waals surface area contributed by atoms with Crippen molar-refractivity contribution in [1.82, 2.24) is 9.88 Å². The number of aliphatic hydroxyl groups is 1. The number of fused-ring (bicyclic) bond motifs is 1. The van der Waals surface area contributed by atoms with Gasteiger partial charge < -0.3 is 14.4 Å². The molecule has 3 aromatic carbocycles. The summed E-state index contributed by atoms with van der Waals surface area (Å²) in [5.41, 5.74) is 2.06. The molecule has 4 rings (SSSR count). The van der Waals surface area contributed by atoms with E-state index in [0.29, 0.717) is 27.7 Å². The maximum Gasteiger partial charge on any atom is 0.416 e. The van der Waals surface area contributed by atoms with Crippen LogP contribution in [0.4, 0.5) is 17.6 Å². The number of nitrogens with one attached hydrogen (secondary N) is 1. The van der Waals surface area contributed by atoms with Gasteiger partial charge in [-0.1, -0.05) is 31.2 Å². The Morgan fingerprint density at radius 2 is 1.71 bits per heavy atom. The molecule has 224 valence electrons. The molecular formula is C30H30F4N2O5S. The van der Waals surface area contributed by atoms with Crippen LogP contribution in [0.2, 0.25) is 0 Å². The Balaban J connectivity index is 1.44. The minimum atomic E-state index is -4.44. The fourth-order valence-corrected chi connectivity index (χ4v) is 5.51. The molecule has 0 radical (unpaired) electrons. The van der Waals surface area contributed by atoms with Crippen molar-refractivity contribution in [3.63, 3.8) is 0 Å². The number of benzene rings is 3. The second-order valence-electron chi connectivity index (χ2n) is 9.61. The van der Waals surface area contributed by atoms with Crippen LogP contribution in [0.15, 0.2) is 77.7 Å². The summed E-state index contributed by atoms with van der Waals surface area (Å²) in [6, 6.07) is 16.8. The largest absolute Gasteiger partial charge is 0.446 e. The summed E-state index contributed by atoms with van der Waals surface area (Å²) in [4.78, 5) is 12.9. The summed E-state index contributed by atoms with van der Waals surface area (Å²) in [5.74, 6) is -0.676. The normalized spacial score (nSPS) is 12.9. The highest BCUT2D eigenvalue weighted by Gasteiger charge is 2.30. The number of aryl methyl sites for hydroxylation is 1. The van der Waals surface area contributed by atoms with Crippen molar-refractivity contribution >= 4 is 26.7 Å². The van der Waals surface area contributed by atoms with Gasteiger partial charge in [-0.15, -0.1) is 0 Å². The highest BCUT2D eigenvalue weighted by Crippen LogP contribution is 2.30. The number of ether oxygens (including phenoxy) is 1. The van der Waals surface area contributed by atoms with Crippen LogP contribution in [-0.4, -0.2) is 49.8 Å². The molecule has 0 aliphatic rings. The van der Waals surface area contributed by atoms with E-state index in [2.05, 4.69) is 5.32 Å². The van der Waals surface area contributed by atoms with Gasteiger partial charge >= 0.3 is 12.1 Å². The molecule has 0 spiro atoms. The fraction of sp³-hybridized carbons (Fsp3) is 0.300. The Hall–Kier alpha value is -3.74. The van der Waals surface area contributed by atoms with E-state index in [-0.39, 0.29) is 42.5 Å². The van der Waals surface area contributed by atoms with Crippen LogP contribution in [0.1, 0.15) is 45.7 Å². The van der Waals surface area contributed by atoms with Gasteiger partial charge in [-0.25, -0.2) is 17.6 Å². The first kappa shape index (κ1) is 31.2. The van der Waals surface area contributed by atoms with E-state index in [9.17, 15) is 35.9 Å². The van der Waals surface area contributed by atoms with Crippen LogP contribution in [0.25, 0.3) is 10.9 Å². The lowest BCUT2D eigenvalue weighted by atomic mass is 10.1. The number of halogens is 4. The number of hydrogen-bond donors (Lipinski definition) is 2. The molecule has 1 heterocycles. The smallest absolute Gasteiger partial charge is 0.416 e. The van der Waals surface area contributed by atoms with Crippen molar-refractivity contribution in [2.45, 2.75) is 37.0 Å². The average Bonchev–Trinajstić information content (AvgIpc) is 3.31. The standard InChI is InChI=1S/C30H30F4N2O5S/c1-2-42(39,40)26-10-5-21(6-11-26)27(18-37)35-19-41-29(38)22-7-12-28-23(16-22)17-25(36(28)14-13-31)15-20-3-8-24(9-4-20)30(32,33)34/h3-12,16-17,27,35,37H,2,13-15,18-19H2,1H3/t27-/m0/s1. The van der Waals surface area contributed by atoms with E-state index in [0.717, 1.165) is 12.1 Å². The Bertz CT molecular complexity index is 1630. The molecule has 1 aromatic heterocycles.